The lowest BCUT2D eigenvalue weighted by molar-refractivity contribution is -0.123. The van der Waals surface area contributed by atoms with E-state index >= 15 is 0 Å². The number of unbranched alkanes of at least 4 members (excludes halogenated alkanes) is 4. The fourth-order valence-electron chi connectivity index (χ4n) is 5.00. The van der Waals surface area contributed by atoms with Gasteiger partial charge in [0.05, 0.1) is 11.3 Å². The zero-order valence-electron chi connectivity index (χ0n) is 20.5. The van der Waals surface area contributed by atoms with Gasteiger partial charge in [-0.3, -0.25) is 14.6 Å². The van der Waals surface area contributed by atoms with Crippen LogP contribution in [0.15, 0.2) is 18.2 Å². The first-order valence-corrected chi connectivity index (χ1v) is 13.2. The molecule has 0 aromatic heterocycles. The summed E-state index contributed by atoms with van der Waals surface area (Å²) in [6.07, 6.45) is 5.55. The molecule has 0 bridgehead atoms. The predicted octanol–water partition coefficient (Wildman–Crippen LogP) is 3.48. The number of thiocarbonyl (C=S) groups is 2. The van der Waals surface area contributed by atoms with Gasteiger partial charge in [0, 0.05) is 38.3 Å². The number of aliphatic hydroxyl groups is 1. The second-order valence-electron chi connectivity index (χ2n) is 9.93. The van der Waals surface area contributed by atoms with Crippen molar-refractivity contribution in [3.05, 3.63) is 29.3 Å². The van der Waals surface area contributed by atoms with E-state index < -0.39 is 5.54 Å². The molecule has 4 rings (SSSR count). The highest BCUT2D eigenvalue weighted by Gasteiger charge is 2.49. The van der Waals surface area contributed by atoms with Crippen LogP contribution in [0.5, 0.6) is 0 Å². The van der Waals surface area contributed by atoms with Gasteiger partial charge in [0.2, 0.25) is 0 Å². The molecule has 1 N–H and O–H groups in total. The van der Waals surface area contributed by atoms with Crippen molar-refractivity contribution < 1.29 is 19.4 Å². The fourth-order valence-corrected chi connectivity index (χ4v) is 5.69. The first-order valence-electron chi connectivity index (χ1n) is 12.4. The molecule has 3 aliphatic heterocycles. The van der Waals surface area contributed by atoms with Gasteiger partial charge in [0.25, 0.3) is 11.1 Å². The van der Waals surface area contributed by atoms with Crippen LogP contribution in [0.25, 0.3) is 0 Å². The van der Waals surface area contributed by atoms with E-state index in [0.717, 1.165) is 70.5 Å². The standard InChI is InChI=1S/C25H34N4O4S2/c1-25(2)22(31)29(19-8-9-20-18(16-19)17-33-21(20)30)23(34)28(25)11-7-5-3-4-6-10-26-12-14-27(15-13-26)24(32)35/h8-9,16H,3-7,10-15,17H2,1-2H3,(H,32,35). The molecule has 35 heavy (non-hydrogen) atoms. The SMILES string of the molecule is CC1(C)C(=O)N(c2ccc3c(c2)COC3=O)C(=S)N1CCCCCCCN1CCN(C(O)=S)CC1. The van der Waals surface area contributed by atoms with Gasteiger partial charge in [-0.05, 0) is 75.9 Å². The summed E-state index contributed by atoms with van der Waals surface area (Å²) >= 11 is 10.6. The van der Waals surface area contributed by atoms with Gasteiger partial charge in [-0.1, -0.05) is 19.3 Å². The van der Waals surface area contributed by atoms with Crippen LogP contribution in [-0.2, 0) is 16.1 Å². The quantitative estimate of drug-likeness (QED) is 0.300. The molecular weight excluding hydrogens is 484 g/mol. The van der Waals surface area contributed by atoms with Crippen molar-refractivity contribution in [3.8, 4) is 0 Å². The second kappa shape index (κ2) is 10.8. The largest absolute Gasteiger partial charge is 0.486 e. The van der Waals surface area contributed by atoms with Crippen LogP contribution in [-0.4, -0.2) is 86.8 Å². The van der Waals surface area contributed by atoms with Gasteiger partial charge >= 0.3 is 5.97 Å². The summed E-state index contributed by atoms with van der Waals surface area (Å²) in [7, 11) is 0. The Morgan fingerprint density at radius 2 is 1.69 bits per heavy atom. The highest BCUT2D eigenvalue weighted by Crippen LogP contribution is 2.34. The van der Waals surface area contributed by atoms with Gasteiger partial charge in [-0.15, -0.1) is 0 Å². The number of hydrogen-bond donors (Lipinski definition) is 1. The molecule has 0 radical (unpaired) electrons. The molecule has 0 aliphatic carbocycles. The fraction of sp³-hybridized carbons (Fsp3) is 0.600. The molecule has 2 saturated heterocycles. The number of esters is 1. The molecule has 3 heterocycles. The number of benzene rings is 1. The average Bonchev–Trinajstić information content (AvgIpc) is 3.28. The number of aliphatic hydroxyl groups excluding tert-OH is 1. The number of fused-ring (bicyclic) bond motifs is 1. The maximum atomic E-state index is 13.3. The molecule has 8 nitrogen and oxygen atoms in total. The lowest BCUT2D eigenvalue weighted by Crippen LogP contribution is -2.48. The normalized spacial score (nSPS) is 19.9. The van der Waals surface area contributed by atoms with E-state index in [2.05, 4.69) is 4.90 Å². The van der Waals surface area contributed by atoms with Gasteiger partial charge in [0.1, 0.15) is 12.1 Å². The van der Waals surface area contributed by atoms with Crippen LogP contribution in [0.2, 0.25) is 0 Å². The summed E-state index contributed by atoms with van der Waals surface area (Å²) in [6, 6.07) is 5.32. The monoisotopic (exact) mass is 518 g/mol. The Bertz CT molecular complexity index is 1010. The summed E-state index contributed by atoms with van der Waals surface area (Å²) in [6.45, 7) is 9.38. The third kappa shape index (κ3) is 5.44. The lowest BCUT2D eigenvalue weighted by Gasteiger charge is -2.34. The Balaban J connectivity index is 1.21. The first kappa shape index (κ1) is 25.8. The van der Waals surface area contributed by atoms with Crippen LogP contribution in [0.4, 0.5) is 5.69 Å². The number of carbonyl (C=O) groups excluding carboxylic acids is 2. The molecule has 1 amide bonds. The van der Waals surface area contributed by atoms with Crippen LogP contribution in [0.3, 0.4) is 0 Å². The van der Waals surface area contributed by atoms with Gasteiger partial charge in [-0.2, -0.15) is 0 Å². The molecule has 3 aliphatic rings. The van der Waals surface area contributed by atoms with E-state index in [9.17, 15) is 14.7 Å². The predicted molar refractivity (Wildman–Crippen MR) is 143 cm³/mol. The van der Waals surface area contributed by atoms with Gasteiger partial charge in [0.15, 0.2) is 5.11 Å². The molecule has 0 unspecified atom stereocenters. The lowest BCUT2D eigenvalue weighted by atomic mass is 10.0. The molecular formula is C25H34N4O4S2. The van der Waals surface area contributed by atoms with Crippen LogP contribution >= 0.6 is 24.4 Å². The number of carbonyl (C=O) groups is 2. The first-order chi connectivity index (χ1) is 16.7. The third-order valence-electron chi connectivity index (χ3n) is 7.25. The minimum atomic E-state index is -0.707. The van der Waals surface area contributed by atoms with E-state index in [1.54, 1.807) is 17.0 Å². The highest BCUT2D eigenvalue weighted by atomic mass is 32.1. The van der Waals surface area contributed by atoms with Crippen molar-refractivity contribution in [1.29, 1.82) is 0 Å². The Kier molecular flexibility index (Phi) is 7.92. The number of anilines is 1. The number of amides is 1. The van der Waals surface area contributed by atoms with Gasteiger partial charge < -0.3 is 19.6 Å². The van der Waals surface area contributed by atoms with Crippen molar-refractivity contribution in [2.45, 2.75) is 58.1 Å². The van der Waals surface area contributed by atoms with E-state index in [1.807, 2.05) is 29.7 Å². The van der Waals surface area contributed by atoms with Crippen molar-refractivity contribution in [2.24, 2.45) is 0 Å². The summed E-state index contributed by atoms with van der Waals surface area (Å²) in [5.74, 6) is -0.368. The zero-order valence-corrected chi connectivity index (χ0v) is 22.1. The number of nitrogens with zero attached hydrogens (tertiary/aromatic N) is 4. The summed E-state index contributed by atoms with van der Waals surface area (Å²) in [5, 5.41) is 9.93. The minimum absolute atomic E-state index is 0.00787. The van der Waals surface area contributed by atoms with E-state index in [1.165, 1.54) is 6.42 Å². The van der Waals surface area contributed by atoms with Crippen molar-refractivity contribution in [3.63, 3.8) is 0 Å². The minimum Gasteiger partial charge on any atom is -0.486 e. The molecule has 0 saturated carbocycles. The van der Waals surface area contributed by atoms with Crippen LogP contribution < -0.4 is 4.90 Å². The Morgan fingerprint density at radius 1 is 1.03 bits per heavy atom. The van der Waals surface area contributed by atoms with Gasteiger partial charge in [-0.25, -0.2) is 4.79 Å². The Hall–Kier alpha value is -2.30. The molecule has 2 fully saturated rings. The van der Waals surface area contributed by atoms with Crippen LogP contribution in [0.1, 0.15) is 61.9 Å². The van der Waals surface area contributed by atoms with E-state index in [-0.39, 0.29) is 23.7 Å². The molecule has 190 valence electrons. The molecule has 10 heteroatoms. The molecule has 1 aromatic rings. The van der Waals surface area contributed by atoms with Crippen LogP contribution in [0, 0.1) is 0 Å². The second-order valence-corrected chi connectivity index (χ2v) is 10.7. The van der Waals surface area contributed by atoms with E-state index in [4.69, 9.17) is 29.2 Å². The van der Waals surface area contributed by atoms with E-state index in [0.29, 0.717) is 16.4 Å². The topological polar surface area (TPSA) is 76.6 Å². The maximum absolute atomic E-state index is 13.3. The summed E-state index contributed by atoms with van der Waals surface area (Å²) < 4.78 is 5.09. The average molecular weight is 519 g/mol. The molecule has 0 atom stereocenters. The maximum Gasteiger partial charge on any atom is 0.338 e. The third-order valence-corrected chi connectivity index (χ3v) is 7.91. The smallest absolute Gasteiger partial charge is 0.338 e. The van der Waals surface area contributed by atoms with Crippen molar-refractivity contribution in [1.82, 2.24) is 14.7 Å². The van der Waals surface area contributed by atoms with Crippen molar-refractivity contribution in [2.75, 3.05) is 44.2 Å². The number of cyclic esters (lactones) is 1. The molecule has 0 spiro atoms. The zero-order chi connectivity index (χ0) is 25.2. The highest BCUT2D eigenvalue weighted by molar-refractivity contribution is 7.80. The number of hydrogen-bond acceptors (Lipinski definition) is 6. The Morgan fingerprint density at radius 3 is 2.37 bits per heavy atom. The number of piperazine rings is 1. The number of rotatable bonds is 9. The summed E-state index contributed by atoms with van der Waals surface area (Å²) in [5.41, 5.74) is 1.33. The van der Waals surface area contributed by atoms with Crippen molar-refractivity contribution >= 4 is 52.3 Å². The molecule has 1 aromatic carbocycles. The summed E-state index contributed by atoms with van der Waals surface area (Å²) in [4.78, 5) is 32.9. The Labute approximate surface area is 217 Å². The number of ether oxygens (including phenoxy) is 1.